The summed E-state index contributed by atoms with van der Waals surface area (Å²) < 4.78 is 13.0. The average Bonchev–Trinajstić information content (AvgIpc) is 2.24. The Balaban J connectivity index is 3.95. The molecule has 84 valence electrons. The minimum absolute atomic E-state index is 0.0780. The number of hydrogen-bond acceptors (Lipinski definition) is 6. The highest BCUT2D eigenvalue weighted by Gasteiger charge is 2.14. The van der Waals surface area contributed by atoms with Gasteiger partial charge in [-0.1, -0.05) is 6.58 Å². The van der Waals surface area contributed by atoms with Gasteiger partial charge >= 0.3 is 17.9 Å². The summed E-state index contributed by atoms with van der Waals surface area (Å²) >= 11 is 0. The molecule has 0 aromatic carbocycles. The van der Waals surface area contributed by atoms with Crippen molar-refractivity contribution in [3.8, 4) is 0 Å². The van der Waals surface area contributed by atoms with Crippen molar-refractivity contribution in [2.24, 2.45) is 0 Å². The van der Waals surface area contributed by atoms with Gasteiger partial charge in [0.2, 0.25) is 0 Å². The van der Waals surface area contributed by atoms with Crippen LogP contribution in [0.5, 0.6) is 0 Å². The Kier molecular flexibility index (Phi) is 5.77. The lowest BCUT2D eigenvalue weighted by Gasteiger charge is -2.04. The van der Waals surface area contributed by atoms with E-state index in [1.807, 2.05) is 0 Å². The van der Waals surface area contributed by atoms with Gasteiger partial charge in [0, 0.05) is 5.57 Å². The topological polar surface area (TPSA) is 78.9 Å². The lowest BCUT2D eigenvalue weighted by Crippen LogP contribution is -2.17. The molecule has 0 bridgehead atoms. The minimum atomic E-state index is -0.828. The van der Waals surface area contributed by atoms with Crippen molar-refractivity contribution in [3.05, 3.63) is 12.2 Å². The summed E-state index contributed by atoms with van der Waals surface area (Å²) in [6.45, 7) is 2.81. The summed E-state index contributed by atoms with van der Waals surface area (Å²) in [6.07, 6.45) is -0.267. The molecule has 0 N–H and O–H groups in total. The van der Waals surface area contributed by atoms with Crippen molar-refractivity contribution in [2.45, 2.75) is 6.42 Å². The highest BCUT2D eigenvalue weighted by molar-refractivity contribution is 5.94. The van der Waals surface area contributed by atoms with E-state index in [0.717, 1.165) is 0 Å². The number of esters is 3. The average molecular weight is 216 g/mol. The maximum Gasteiger partial charge on any atom is 0.344 e. The van der Waals surface area contributed by atoms with Gasteiger partial charge in [0.15, 0.2) is 6.61 Å². The van der Waals surface area contributed by atoms with Gasteiger partial charge in [-0.3, -0.25) is 4.79 Å². The number of hydrogen-bond donors (Lipinski definition) is 0. The molecule has 6 heteroatoms. The number of ether oxygens (including phenoxy) is 3. The quantitative estimate of drug-likeness (QED) is 0.360. The van der Waals surface area contributed by atoms with Crippen molar-refractivity contribution in [1.29, 1.82) is 0 Å². The molecule has 0 aliphatic carbocycles. The molecule has 0 aromatic rings. The van der Waals surface area contributed by atoms with E-state index in [0.29, 0.717) is 0 Å². The Morgan fingerprint density at radius 1 is 1.07 bits per heavy atom. The van der Waals surface area contributed by atoms with E-state index in [2.05, 4.69) is 20.8 Å². The second kappa shape index (κ2) is 6.58. The molecule has 0 unspecified atom stereocenters. The molecule has 0 rings (SSSR count). The Morgan fingerprint density at radius 3 is 2.07 bits per heavy atom. The first-order valence-electron chi connectivity index (χ1n) is 3.99. The third-order valence-electron chi connectivity index (χ3n) is 1.42. The summed E-state index contributed by atoms with van der Waals surface area (Å²) in [7, 11) is 2.36. The standard InChI is InChI=1S/C9H12O6/c1-6(4-7(10)13-2)9(12)15-5-8(11)14-3/h1,4-5H2,2-3H3. The van der Waals surface area contributed by atoms with Gasteiger partial charge in [0.25, 0.3) is 0 Å². The molecule has 0 atom stereocenters. The first kappa shape index (κ1) is 13.2. The predicted molar refractivity (Wildman–Crippen MR) is 48.7 cm³/mol. The van der Waals surface area contributed by atoms with Crippen LogP contribution in [0.3, 0.4) is 0 Å². The second-order valence-corrected chi connectivity index (χ2v) is 2.51. The first-order valence-corrected chi connectivity index (χ1v) is 3.99. The Morgan fingerprint density at radius 2 is 1.60 bits per heavy atom. The van der Waals surface area contributed by atoms with E-state index in [1.54, 1.807) is 0 Å². The van der Waals surface area contributed by atoms with Crippen molar-refractivity contribution < 1.29 is 28.6 Å². The monoisotopic (exact) mass is 216 g/mol. The third kappa shape index (κ3) is 5.45. The zero-order valence-corrected chi connectivity index (χ0v) is 8.57. The first-order chi connectivity index (χ1) is 7.01. The van der Waals surface area contributed by atoms with E-state index >= 15 is 0 Å². The van der Waals surface area contributed by atoms with Crippen molar-refractivity contribution in [2.75, 3.05) is 20.8 Å². The van der Waals surface area contributed by atoms with Gasteiger partial charge in [0.05, 0.1) is 20.6 Å². The SMILES string of the molecule is C=C(CC(=O)OC)C(=O)OCC(=O)OC. The summed E-state index contributed by atoms with van der Waals surface area (Å²) in [5.74, 6) is -2.12. The molecule has 0 saturated heterocycles. The lowest BCUT2D eigenvalue weighted by atomic mass is 10.2. The fraction of sp³-hybridized carbons (Fsp3) is 0.444. The molecule has 0 fully saturated rings. The van der Waals surface area contributed by atoms with Gasteiger partial charge in [-0.25, -0.2) is 9.59 Å². The van der Waals surface area contributed by atoms with Crippen molar-refractivity contribution in [3.63, 3.8) is 0 Å². The van der Waals surface area contributed by atoms with Crippen LogP contribution in [0.15, 0.2) is 12.2 Å². The molecule has 0 saturated carbocycles. The van der Waals surface area contributed by atoms with Gasteiger partial charge < -0.3 is 14.2 Å². The molecule has 0 aliphatic heterocycles. The van der Waals surface area contributed by atoms with Crippen LogP contribution in [-0.4, -0.2) is 38.7 Å². The maximum atomic E-state index is 11.1. The van der Waals surface area contributed by atoms with E-state index in [-0.39, 0.29) is 12.0 Å². The molecular weight excluding hydrogens is 204 g/mol. The summed E-state index contributed by atoms with van der Waals surface area (Å²) in [4.78, 5) is 32.4. The van der Waals surface area contributed by atoms with Gasteiger partial charge in [-0.15, -0.1) is 0 Å². The summed E-state index contributed by atoms with van der Waals surface area (Å²) in [6, 6.07) is 0. The van der Waals surface area contributed by atoms with E-state index in [4.69, 9.17) is 0 Å². The van der Waals surface area contributed by atoms with Gasteiger partial charge in [-0.05, 0) is 0 Å². The maximum absolute atomic E-state index is 11.1. The largest absolute Gasteiger partial charge is 0.469 e. The molecule has 6 nitrogen and oxygen atoms in total. The third-order valence-corrected chi connectivity index (χ3v) is 1.42. The number of carbonyl (C=O) groups is 3. The van der Waals surface area contributed by atoms with E-state index in [9.17, 15) is 14.4 Å². The zero-order chi connectivity index (χ0) is 11.8. The van der Waals surface area contributed by atoms with Crippen LogP contribution < -0.4 is 0 Å². The van der Waals surface area contributed by atoms with Crippen LogP contribution in [-0.2, 0) is 28.6 Å². The van der Waals surface area contributed by atoms with Crippen LogP contribution in [0.2, 0.25) is 0 Å². The van der Waals surface area contributed by atoms with Crippen LogP contribution in [0.25, 0.3) is 0 Å². The molecular formula is C9H12O6. The van der Waals surface area contributed by atoms with E-state index < -0.39 is 24.5 Å². The normalized spacial score (nSPS) is 8.93. The molecule has 0 heterocycles. The van der Waals surface area contributed by atoms with Crippen LogP contribution in [0.4, 0.5) is 0 Å². The summed E-state index contributed by atoms with van der Waals surface area (Å²) in [5, 5.41) is 0. The molecule has 15 heavy (non-hydrogen) atoms. The summed E-state index contributed by atoms with van der Waals surface area (Å²) in [5.41, 5.74) is -0.0780. The molecule has 0 radical (unpaired) electrons. The molecule has 0 spiro atoms. The highest BCUT2D eigenvalue weighted by atomic mass is 16.6. The fourth-order valence-electron chi connectivity index (χ4n) is 0.604. The smallest absolute Gasteiger partial charge is 0.344 e. The van der Waals surface area contributed by atoms with Crippen LogP contribution >= 0.6 is 0 Å². The second-order valence-electron chi connectivity index (χ2n) is 2.51. The van der Waals surface area contributed by atoms with Gasteiger partial charge in [0.1, 0.15) is 0 Å². The predicted octanol–water partition coefficient (Wildman–Crippen LogP) is -0.178. The van der Waals surface area contributed by atoms with Crippen LogP contribution in [0, 0.1) is 0 Å². The Hall–Kier alpha value is -1.85. The molecule has 0 aromatic heterocycles. The van der Waals surface area contributed by atoms with E-state index in [1.165, 1.54) is 14.2 Å². The number of carbonyl (C=O) groups excluding carboxylic acids is 3. The number of methoxy groups -OCH3 is 2. The molecule has 0 aliphatic rings. The zero-order valence-electron chi connectivity index (χ0n) is 8.57. The highest BCUT2D eigenvalue weighted by Crippen LogP contribution is 2.02. The Labute approximate surface area is 86.8 Å². The molecule has 0 amide bonds. The minimum Gasteiger partial charge on any atom is -0.469 e. The van der Waals surface area contributed by atoms with Gasteiger partial charge in [-0.2, -0.15) is 0 Å². The lowest BCUT2D eigenvalue weighted by molar-refractivity contribution is -0.155. The van der Waals surface area contributed by atoms with Crippen molar-refractivity contribution in [1.82, 2.24) is 0 Å². The number of rotatable bonds is 5. The Bertz CT molecular complexity index is 280. The fourth-order valence-corrected chi connectivity index (χ4v) is 0.604. The van der Waals surface area contributed by atoms with Crippen molar-refractivity contribution >= 4 is 17.9 Å². The van der Waals surface area contributed by atoms with Crippen LogP contribution in [0.1, 0.15) is 6.42 Å².